The number of carbonyl (C=O) groups excluding carboxylic acids is 2. The molecule has 0 aromatic heterocycles. The fraction of sp³-hybridized carbons (Fsp3) is 0.846. The summed E-state index contributed by atoms with van der Waals surface area (Å²) in [6, 6.07) is 0. The van der Waals surface area contributed by atoms with Crippen molar-refractivity contribution in [3.05, 3.63) is 0 Å². The summed E-state index contributed by atoms with van der Waals surface area (Å²) in [6.45, 7) is 5.61. The van der Waals surface area contributed by atoms with Gasteiger partial charge in [0, 0.05) is 18.9 Å². The Morgan fingerprint density at radius 2 is 1.95 bits per heavy atom. The van der Waals surface area contributed by atoms with Crippen LogP contribution < -0.4 is 0 Å². The van der Waals surface area contributed by atoms with Crippen molar-refractivity contribution >= 4 is 12.1 Å². The van der Waals surface area contributed by atoms with Crippen LogP contribution in [0.15, 0.2) is 0 Å². The van der Waals surface area contributed by atoms with Gasteiger partial charge in [0.25, 0.3) is 0 Å². The highest BCUT2D eigenvalue weighted by Gasteiger charge is 2.37. The molecule has 1 amide bonds. The van der Waals surface area contributed by atoms with E-state index in [-0.39, 0.29) is 31.4 Å². The molecule has 6 heteroatoms. The molecule has 1 saturated heterocycles. The van der Waals surface area contributed by atoms with Gasteiger partial charge in [-0.25, -0.2) is 9.18 Å². The number of likely N-dealkylation sites (tertiary alicyclic amines) is 1. The van der Waals surface area contributed by atoms with Gasteiger partial charge in [-0.15, -0.1) is 0 Å². The van der Waals surface area contributed by atoms with Crippen molar-refractivity contribution < 1.29 is 23.5 Å². The number of rotatable bonds is 3. The van der Waals surface area contributed by atoms with Crippen LogP contribution in [0.2, 0.25) is 0 Å². The highest BCUT2D eigenvalue weighted by atomic mass is 19.1. The molecule has 1 aliphatic heterocycles. The first-order valence-corrected chi connectivity index (χ1v) is 6.41. The lowest BCUT2D eigenvalue weighted by molar-refractivity contribution is -0.141. The average molecular weight is 275 g/mol. The molecule has 1 aliphatic rings. The summed E-state index contributed by atoms with van der Waals surface area (Å²) in [7, 11) is 1.30. The summed E-state index contributed by atoms with van der Waals surface area (Å²) in [4.78, 5) is 24.2. The second-order valence-corrected chi connectivity index (χ2v) is 5.78. The van der Waals surface area contributed by atoms with E-state index in [1.165, 1.54) is 12.0 Å². The number of carbonyl (C=O) groups is 2. The number of ether oxygens (including phenoxy) is 2. The Labute approximate surface area is 113 Å². The van der Waals surface area contributed by atoms with E-state index in [0.29, 0.717) is 6.42 Å². The number of hydrogen-bond donors (Lipinski definition) is 0. The van der Waals surface area contributed by atoms with Crippen molar-refractivity contribution in [3.8, 4) is 0 Å². The van der Waals surface area contributed by atoms with Gasteiger partial charge in [0.1, 0.15) is 11.8 Å². The molecule has 1 heterocycles. The van der Waals surface area contributed by atoms with Gasteiger partial charge in [-0.1, -0.05) is 0 Å². The van der Waals surface area contributed by atoms with E-state index in [1.807, 2.05) is 0 Å². The van der Waals surface area contributed by atoms with E-state index >= 15 is 0 Å². The predicted octanol–water partition coefficient (Wildman–Crippen LogP) is 2.14. The summed E-state index contributed by atoms with van der Waals surface area (Å²) in [5.74, 6) is -0.686. The summed E-state index contributed by atoms with van der Waals surface area (Å²) in [6.07, 6.45) is -1.07. The van der Waals surface area contributed by atoms with Crippen molar-refractivity contribution in [2.45, 2.75) is 45.4 Å². The second-order valence-electron chi connectivity index (χ2n) is 5.78. The number of alkyl halides is 1. The van der Waals surface area contributed by atoms with Crippen LogP contribution in [0.1, 0.15) is 33.6 Å². The molecule has 0 aromatic rings. The van der Waals surface area contributed by atoms with Crippen LogP contribution >= 0.6 is 0 Å². The van der Waals surface area contributed by atoms with Crippen LogP contribution in [0.25, 0.3) is 0 Å². The molecular weight excluding hydrogens is 253 g/mol. The molecule has 0 aromatic carbocycles. The Balaban J connectivity index is 2.45. The molecule has 1 fully saturated rings. The van der Waals surface area contributed by atoms with Crippen LogP contribution in [0.4, 0.5) is 9.18 Å². The maximum atomic E-state index is 13.8. The third kappa shape index (κ3) is 5.04. The standard InChI is InChI=1S/C13H22FNO4/c1-13(2,3)19-12(17)15-7-9(10(14)8-15)5-6-11(16)18-4/h9-10H,5-8H2,1-4H3. The van der Waals surface area contributed by atoms with Crippen molar-refractivity contribution in [2.75, 3.05) is 20.2 Å². The minimum absolute atomic E-state index is 0.0285. The number of amides is 1. The first-order chi connectivity index (χ1) is 8.73. The molecule has 2 atom stereocenters. The lowest BCUT2D eigenvalue weighted by atomic mass is 10.0. The van der Waals surface area contributed by atoms with Gasteiger partial charge in [-0.2, -0.15) is 0 Å². The average Bonchev–Trinajstić information content (AvgIpc) is 2.65. The van der Waals surface area contributed by atoms with Gasteiger partial charge in [-0.05, 0) is 27.2 Å². The molecule has 19 heavy (non-hydrogen) atoms. The highest BCUT2D eigenvalue weighted by molar-refractivity contribution is 5.69. The number of halogens is 1. The zero-order valence-electron chi connectivity index (χ0n) is 11.9. The fourth-order valence-corrected chi connectivity index (χ4v) is 1.98. The minimum Gasteiger partial charge on any atom is -0.469 e. The van der Waals surface area contributed by atoms with Gasteiger partial charge in [-0.3, -0.25) is 4.79 Å². The van der Waals surface area contributed by atoms with E-state index in [9.17, 15) is 14.0 Å². The topological polar surface area (TPSA) is 55.8 Å². The maximum absolute atomic E-state index is 13.8. The number of methoxy groups -OCH3 is 1. The van der Waals surface area contributed by atoms with Gasteiger partial charge in [0.2, 0.25) is 0 Å². The number of nitrogens with zero attached hydrogens (tertiary/aromatic N) is 1. The van der Waals surface area contributed by atoms with Crippen LogP contribution in [-0.4, -0.2) is 48.9 Å². The number of hydrogen-bond acceptors (Lipinski definition) is 4. The lowest BCUT2D eigenvalue weighted by Gasteiger charge is -2.24. The molecule has 0 bridgehead atoms. The third-order valence-corrected chi connectivity index (χ3v) is 2.96. The molecule has 110 valence electrons. The van der Waals surface area contributed by atoms with Gasteiger partial charge >= 0.3 is 12.1 Å². The summed E-state index contributed by atoms with van der Waals surface area (Å²) < 4.78 is 23.5. The van der Waals surface area contributed by atoms with E-state index < -0.39 is 17.9 Å². The van der Waals surface area contributed by atoms with Crippen molar-refractivity contribution in [1.29, 1.82) is 0 Å². The monoisotopic (exact) mass is 275 g/mol. The molecule has 1 rings (SSSR count). The Morgan fingerprint density at radius 1 is 1.32 bits per heavy atom. The van der Waals surface area contributed by atoms with E-state index in [1.54, 1.807) is 20.8 Å². The molecule has 0 aliphatic carbocycles. The van der Waals surface area contributed by atoms with Crippen molar-refractivity contribution in [3.63, 3.8) is 0 Å². The van der Waals surface area contributed by atoms with Crippen molar-refractivity contribution in [1.82, 2.24) is 4.90 Å². The Bertz CT molecular complexity index is 340. The quantitative estimate of drug-likeness (QED) is 0.740. The van der Waals surface area contributed by atoms with Crippen LogP contribution in [0, 0.1) is 5.92 Å². The molecule has 0 saturated carbocycles. The maximum Gasteiger partial charge on any atom is 0.410 e. The second kappa shape index (κ2) is 6.21. The first-order valence-electron chi connectivity index (χ1n) is 6.41. The molecule has 2 unspecified atom stereocenters. The minimum atomic E-state index is -1.11. The molecule has 0 radical (unpaired) electrons. The number of esters is 1. The first kappa shape index (κ1) is 15.7. The van der Waals surface area contributed by atoms with Crippen molar-refractivity contribution in [2.24, 2.45) is 5.92 Å². The molecular formula is C13H22FNO4. The van der Waals surface area contributed by atoms with Crippen LogP contribution in [0.5, 0.6) is 0 Å². The molecule has 0 N–H and O–H groups in total. The molecule has 0 spiro atoms. The largest absolute Gasteiger partial charge is 0.469 e. The van der Waals surface area contributed by atoms with Gasteiger partial charge < -0.3 is 14.4 Å². The molecule has 5 nitrogen and oxygen atoms in total. The Kier molecular flexibility index (Phi) is 5.14. The fourth-order valence-electron chi connectivity index (χ4n) is 1.98. The summed E-state index contributed by atoms with van der Waals surface area (Å²) >= 11 is 0. The predicted molar refractivity (Wildman–Crippen MR) is 67.4 cm³/mol. The summed E-state index contributed by atoms with van der Waals surface area (Å²) in [5, 5.41) is 0. The third-order valence-electron chi connectivity index (χ3n) is 2.96. The van der Waals surface area contributed by atoms with E-state index in [4.69, 9.17) is 4.74 Å². The zero-order valence-corrected chi connectivity index (χ0v) is 11.9. The normalized spacial score (nSPS) is 23.3. The SMILES string of the molecule is COC(=O)CCC1CN(C(=O)OC(C)(C)C)CC1F. The van der Waals surface area contributed by atoms with Gasteiger partial charge in [0.05, 0.1) is 13.7 Å². The lowest BCUT2D eigenvalue weighted by Crippen LogP contribution is -2.35. The highest BCUT2D eigenvalue weighted by Crippen LogP contribution is 2.26. The Hall–Kier alpha value is -1.33. The van der Waals surface area contributed by atoms with Gasteiger partial charge in [0.15, 0.2) is 0 Å². The zero-order chi connectivity index (χ0) is 14.6. The van der Waals surface area contributed by atoms with Crippen LogP contribution in [0.3, 0.4) is 0 Å². The smallest absolute Gasteiger partial charge is 0.410 e. The van der Waals surface area contributed by atoms with E-state index in [0.717, 1.165) is 0 Å². The summed E-state index contributed by atoms with van der Waals surface area (Å²) in [5.41, 5.74) is -0.590. The van der Waals surface area contributed by atoms with Crippen LogP contribution in [-0.2, 0) is 14.3 Å². The van der Waals surface area contributed by atoms with E-state index in [2.05, 4.69) is 4.74 Å². The Morgan fingerprint density at radius 3 is 2.47 bits per heavy atom.